The zero-order chi connectivity index (χ0) is 12.1. The highest BCUT2D eigenvalue weighted by atomic mass is 16.7. The number of nitrogens with one attached hydrogen (secondary N) is 1. The van der Waals surface area contributed by atoms with Crippen molar-refractivity contribution in [2.45, 2.75) is 63.4 Å². The molecule has 2 aliphatic rings. The maximum Gasteiger partial charge on any atom is 0.168 e. The van der Waals surface area contributed by atoms with E-state index < -0.39 is 0 Å². The van der Waals surface area contributed by atoms with Gasteiger partial charge in [0.1, 0.15) is 0 Å². The molecule has 100 valence electrons. The van der Waals surface area contributed by atoms with Gasteiger partial charge in [0.05, 0.1) is 19.3 Å². The highest BCUT2D eigenvalue weighted by Gasteiger charge is 2.39. The molecule has 1 heterocycles. The molecule has 1 aliphatic carbocycles. The van der Waals surface area contributed by atoms with E-state index in [9.17, 15) is 5.11 Å². The van der Waals surface area contributed by atoms with Gasteiger partial charge in [0.25, 0.3) is 0 Å². The highest BCUT2D eigenvalue weighted by molar-refractivity contribution is 4.85. The predicted molar refractivity (Wildman–Crippen MR) is 65.8 cm³/mol. The SMILES string of the molecule is CCC(O)CCNC1CCC2(CC1)OCCO2. The van der Waals surface area contributed by atoms with Gasteiger partial charge in [0.2, 0.25) is 0 Å². The summed E-state index contributed by atoms with van der Waals surface area (Å²) in [5.41, 5.74) is 0. The lowest BCUT2D eigenvalue weighted by atomic mass is 9.90. The molecule has 2 fully saturated rings. The fourth-order valence-corrected chi connectivity index (χ4v) is 2.71. The third-order valence-corrected chi connectivity index (χ3v) is 3.94. The summed E-state index contributed by atoms with van der Waals surface area (Å²) in [6, 6.07) is 0.567. The fraction of sp³-hybridized carbons (Fsp3) is 1.00. The van der Waals surface area contributed by atoms with E-state index in [0.717, 1.165) is 58.3 Å². The van der Waals surface area contributed by atoms with Crippen molar-refractivity contribution in [2.75, 3.05) is 19.8 Å². The molecule has 0 aromatic carbocycles. The second-order valence-corrected chi connectivity index (χ2v) is 5.19. The second-order valence-electron chi connectivity index (χ2n) is 5.19. The van der Waals surface area contributed by atoms with Crippen LogP contribution >= 0.6 is 0 Å². The van der Waals surface area contributed by atoms with Crippen molar-refractivity contribution >= 4 is 0 Å². The van der Waals surface area contributed by atoms with E-state index >= 15 is 0 Å². The molecule has 1 saturated carbocycles. The minimum absolute atomic E-state index is 0.154. The van der Waals surface area contributed by atoms with Gasteiger partial charge in [0.15, 0.2) is 5.79 Å². The van der Waals surface area contributed by atoms with Crippen LogP contribution in [0.25, 0.3) is 0 Å². The zero-order valence-electron chi connectivity index (χ0n) is 10.8. The molecule has 2 rings (SSSR count). The van der Waals surface area contributed by atoms with E-state index in [-0.39, 0.29) is 11.9 Å². The van der Waals surface area contributed by atoms with Crippen LogP contribution in [0.4, 0.5) is 0 Å². The predicted octanol–water partition coefficient (Wildman–Crippen LogP) is 1.42. The maximum absolute atomic E-state index is 9.47. The molecule has 1 unspecified atom stereocenters. The normalized spacial score (nSPS) is 26.5. The Morgan fingerprint density at radius 2 is 1.94 bits per heavy atom. The van der Waals surface area contributed by atoms with Crippen LogP contribution in [0, 0.1) is 0 Å². The van der Waals surface area contributed by atoms with Gasteiger partial charge in [-0.3, -0.25) is 0 Å². The summed E-state index contributed by atoms with van der Waals surface area (Å²) in [6.07, 6.45) is 5.77. The van der Waals surface area contributed by atoms with Crippen LogP contribution in [0.2, 0.25) is 0 Å². The van der Waals surface area contributed by atoms with Crippen molar-refractivity contribution in [3.05, 3.63) is 0 Å². The Kier molecular flexibility index (Phi) is 4.79. The number of hydrogen-bond acceptors (Lipinski definition) is 4. The molecular formula is C13H25NO3. The first-order valence-electron chi connectivity index (χ1n) is 6.93. The maximum atomic E-state index is 9.47. The van der Waals surface area contributed by atoms with E-state index in [1.54, 1.807) is 0 Å². The van der Waals surface area contributed by atoms with Crippen molar-refractivity contribution in [1.82, 2.24) is 5.32 Å². The molecular weight excluding hydrogens is 218 g/mol. The molecule has 1 aliphatic heterocycles. The molecule has 0 amide bonds. The smallest absolute Gasteiger partial charge is 0.168 e. The molecule has 1 saturated heterocycles. The van der Waals surface area contributed by atoms with Crippen molar-refractivity contribution in [3.8, 4) is 0 Å². The molecule has 2 N–H and O–H groups in total. The molecule has 0 aromatic heterocycles. The third-order valence-electron chi connectivity index (χ3n) is 3.94. The van der Waals surface area contributed by atoms with Gasteiger partial charge in [-0.05, 0) is 32.2 Å². The monoisotopic (exact) mass is 243 g/mol. The highest BCUT2D eigenvalue weighted by Crippen LogP contribution is 2.35. The largest absolute Gasteiger partial charge is 0.393 e. The molecule has 1 atom stereocenters. The van der Waals surface area contributed by atoms with Crippen LogP contribution in [-0.2, 0) is 9.47 Å². The van der Waals surface area contributed by atoms with Gasteiger partial charge >= 0.3 is 0 Å². The average Bonchev–Trinajstić information content (AvgIpc) is 2.80. The van der Waals surface area contributed by atoms with Crippen LogP contribution in [-0.4, -0.2) is 42.8 Å². The van der Waals surface area contributed by atoms with Crippen molar-refractivity contribution in [1.29, 1.82) is 0 Å². The molecule has 17 heavy (non-hydrogen) atoms. The van der Waals surface area contributed by atoms with E-state index in [1.165, 1.54) is 0 Å². The van der Waals surface area contributed by atoms with Gasteiger partial charge in [-0.25, -0.2) is 0 Å². The van der Waals surface area contributed by atoms with Crippen LogP contribution in [0.1, 0.15) is 45.4 Å². The number of aliphatic hydroxyl groups is 1. The lowest BCUT2D eigenvalue weighted by Crippen LogP contribution is -2.42. The van der Waals surface area contributed by atoms with Crippen LogP contribution in [0.15, 0.2) is 0 Å². The van der Waals surface area contributed by atoms with Crippen molar-refractivity contribution in [3.63, 3.8) is 0 Å². The Balaban J connectivity index is 1.62. The number of rotatable bonds is 5. The Labute approximate surface area is 104 Å². The summed E-state index contributed by atoms with van der Waals surface area (Å²) in [6.45, 7) is 4.43. The van der Waals surface area contributed by atoms with Gasteiger partial charge in [-0.2, -0.15) is 0 Å². The Bertz CT molecular complexity index is 219. The van der Waals surface area contributed by atoms with E-state index in [0.29, 0.717) is 6.04 Å². The van der Waals surface area contributed by atoms with E-state index in [2.05, 4.69) is 5.32 Å². The first kappa shape index (κ1) is 13.3. The van der Waals surface area contributed by atoms with Gasteiger partial charge in [-0.1, -0.05) is 6.92 Å². The number of aliphatic hydroxyl groups excluding tert-OH is 1. The minimum Gasteiger partial charge on any atom is -0.393 e. The summed E-state index contributed by atoms with van der Waals surface area (Å²) >= 11 is 0. The molecule has 4 nitrogen and oxygen atoms in total. The molecule has 0 aromatic rings. The van der Waals surface area contributed by atoms with Crippen molar-refractivity contribution < 1.29 is 14.6 Å². The number of ether oxygens (including phenoxy) is 2. The Hall–Kier alpha value is -0.160. The second kappa shape index (κ2) is 6.14. The van der Waals surface area contributed by atoms with Gasteiger partial charge in [-0.15, -0.1) is 0 Å². The first-order valence-corrected chi connectivity index (χ1v) is 6.93. The van der Waals surface area contributed by atoms with Crippen LogP contribution in [0.5, 0.6) is 0 Å². The summed E-state index contributed by atoms with van der Waals surface area (Å²) in [4.78, 5) is 0. The fourth-order valence-electron chi connectivity index (χ4n) is 2.71. The van der Waals surface area contributed by atoms with Crippen LogP contribution in [0.3, 0.4) is 0 Å². The third kappa shape index (κ3) is 3.65. The summed E-state index contributed by atoms with van der Waals surface area (Å²) in [7, 11) is 0. The molecule has 4 heteroatoms. The van der Waals surface area contributed by atoms with E-state index in [1.807, 2.05) is 6.92 Å². The summed E-state index contributed by atoms with van der Waals surface area (Å²) in [5, 5.41) is 13.0. The number of hydrogen-bond donors (Lipinski definition) is 2. The van der Waals surface area contributed by atoms with Crippen molar-refractivity contribution in [2.24, 2.45) is 0 Å². The first-order chi connectivity index (χ1) is 8.24. The quantitative estimate of drug-likeness (QED) is 0.767. The average molecular weight is 243 g/mol. The lowest BCUT2D eigenvalue weighted by Gasteiger charge is -2.35. The van der Waals surface area contributed by atoms with Crippen LogP contribution < -0.4 is 5.32 Å². The lowest BCUT2D eigenvalue weighted by molar-refractivity contribution is -0.179. The standard InChI is InChI=1S/C13H25NO3/c1-2-12(15)5-8-14-11-3-6-13(7-4-11)16-9-10-17-13/h11-12,14-15H,2-10H2,1H3. The minimum atomic E-state index is -0.249. The summed E-state index contributed by atoms with van der Waals surface area (Å²) in [5.74, 6) is -0.249. The zero-order valence-corrected chi connectivity index (χ0v) is 10.8. The van der Waals surface area contributed by atoms with E-state index in [4.69, 9.17) is 9.47 Å². The Morgan fingerprint density at radius 3 is 2.53 bits per heavy atom. The molecule has 1 spiro atoms. The molecule has 0 radical (unpaired) electrons. The summed E-state index contributed by atoms with van der Waals surface area (Å²) < 4.78 is 11.4. The van der Waals surface area contributed by atoms with Gasteiger partial charge < -0.3 is 19.9 Å². The molecule has 0 bridgehead atoms. The van der Waals surface area contributed by atoms with Gasteiger partial charge in [0, 0.05) is 18.9 Å². The topological polar surface area (TPSA) is 50.7 Å². The Morgan fingerprint density at radius 1 is 1.29 bits per heavy atom.